The van der Waals surface area contributed by atoms with E-state index in [0.29, 0.717) is 50.2 Å². The molecule has 0 fully saturated rings. The van der Waals surface area contributed by atoms with Crippen molar-refractivity contribution in [3.05, 3.63) is 80.2 Å². The number of rotatable bonds is 7. The van der Waals surface area contributed by atoms with Crippen LogP contribution in [0.15, 0.2) is 63.5 Å². The molecule has 3 rings (SSSR count). The first-order valence-electron chi connectivity index (χ1n) is 8.94. The fourth-order valence-electron chi connectivity index (χ4n) is 2.46. The summed E-state index contributed by atoms with van der Waals surface area (Å²) >= 11 is 6.47. The van der Waals surface area contributed by atoms with Crippen molar-refractivity contribution in [1.29, 1.82) is 0 Å². The number of benzene rings is 3. The molecule has 0 aliphatic carbocycles. The van der Waals surface area contributed by atoms with Crippen molar-refractivity contribution in [1.82, 2.24) is 0 Å². The van der Waals surface area contributed by atoms with Crippen LogP contribution in [-0.4, -0.2) is 31.9 Å². The van der Waals surface area contributed by atoms with Crippen LogP contribution < -0.4 is 14.2 Å². The van der Waals surface area contributed by atoms with Gasteiger partial charge in [-0.1, -0.05) is 30.3 Å². The van der Waals surface area contributed by atoms with Crippen molar-refractivity contribution >= 4 is 44.4 Å². The van der Waals surface area contributed by atoms with Gasteiger partial charge in [0.05, 0.1) is 14.2 Å². The van der Waals surface area contributed by atoms with Gasteiger partial charge in [-0.25, -0.2) is 0 Å². The molecule has 0 aromatic heterocycles. The number of phenols is 1. The molecule has 0 unspecified atom stereocenters. The minimum Gasteiger partial charge on any atom is -0.504 e. The van der Waals surface area contributed by atoms with E-state index in [1.54, 1.807) is 25.3 Å². The van der Waals surface area contributed by atoms with Crippen molar-refractivity contribution in [2.75, 3.05) is 14.2 Å². The van der Waals surface area contributed by atoms with E-state index in [1.807, 2.05) is 30.3 Å². The van der Waals surface area contributed by atoms with Crippen LogP contribution in [-0.2, 0) is 6.61 Å². The molecule has 0 spiro atoms. The zero-order valence-corrected chi connectivity index (χ0v) is 20.0. The van der Waals surface area contributed by atoms with Gasteiger partial charge in [-0.05, 0) is 61.7 Å². The summed E-state index contributed by atoms with van der Waals surface area (Å²) in [4.78, 5) is 21.3. The van der Waals surface area contributed by atoms with Crippen LogP contribution in [0.25, 0.3) is 0 Å². The molecule has 0 amide bonds. The minimum atomic E-state index is -0.0391. The third-order valence-electron chi connectivity index (χ3n) is 4.07. The molecule has 0 aliphatic rings. The lowest BCUT2D eigenvalue weighted by Gasteiger charge is -2.12. The fourth-order valence-corrected chi connectivity index (χ4v) is 3.29. The van der Waals surface area contributed by atoms with Gasteiger partial charge < -0.3 is 19.3 Å². The summed E-state index contributed by atoms with van der Waals surface area (Å²) < 4.78 is 17.1. The number of methoxy groups -OCH3 is 2. The summed E-state index contributed by atoms with van der Waals surface area (Å²) in [5.74, 6) is 1.44. The highest BCUT2D eigenvalue weighted by atomic mass is 79.9. The number of carbonyl (C=O) groups is 2. The van der Waals surface area contributed by atoms with Crippen LogP contribution in [0, 0.1) is 0 Å². The third kappa shape index (κ3) is 6.83. The second-order valence-electron chi connectivity index (χ2n) is 6.08. The second-order valence-corrected chi connectivity index (χ2v) is 7.79. The van der Waals surface area contributed by atoms with Gasteiger partial charge in [0.25, 0.3) is 0 Å². The summed E-state index contributed by atoms with van der Waals surface area (Å²) in [6.07, 6.45) is 1.43. The number of carbonyl (C=O) groups excluding carboxylic acids is 2. The Morgan fingerprint density at radius 2 is 1.35 bits per heavy atom. The largest absolute Gasteiger partial charge is 0.504 e. The standard InChI is InChI=1S/C15H13BrO3.C8H7BrO3/c1-18-14-8-13(16)12(9-17)7-15(14)19-10-11-5-3-2-4-6-11;1-12-8-3-6(9)5(4-10)2-7(8)11/h2-9H,10H2,1H3;2-4,11H,1H3. The molecule has 8 heteroatoms. The summed E-state index contributed by atoms with van der Waals surface area (Å²) in [6.45, 7) is 0.428. The molecular formula is C23H20Br2O6. The number of hydrogen-bond donors (Lipinski definition) is 1. The predicted molar refractivity (Wildman–Crippen MR) is 125 cm³/mol. The van der Waals surface area contributed by atoms with Crippen molar-refractivity contribution in [3.63, 3.8) is 0 Å². The average molecular weight is 552 g/mol. The first-order chi connectivity index (χ1) is 14.9. The number of halogens is 2. The highest BCUT2D eigenvalue weighted by Crippen LogP contribution is 2.33. The van der Waals surface area contributed by atoms with Crippen LogP contribution in [0.3, 0.4) is 0 Å². The van der Waals surface area contributed by atoms with E-state index in [-0.39, 0.29) is 5.75 Å². The number of aromatic hydroxyl groups is 1. The Morgan fingerprint density at radius 1 is 0.806 bits per heavy atom. The highest BCUT2D eigenvalue weighted by molar-refractivity contribution is 9.10. The molecule has 0 radical (unpaired) electrons. The van der Waals surface area contributed by atoms with E-state index in [1.165, 1.54) is 13.2 Å². The van der Waals surface area contributed by atoms with Gasteiger partial charge >= 0.3 is 0 Å². The lowest BCUT2D eigenvalue weighted by molar-refractivity contribution is 0.111. The summed E-state index contributed by atoms with van der Waals surface area (Å²) in [5.41, 5.74) is 1.98. The average Bonchev–Trinajstić information content (AvgIpc) is 2.80. The Bertz CT molecular complexity index is 1040. The number of aldehydes is 2. The third-order valence-corrected chi connectivity index (χ3v) is 5.45. The molecule has 3 aromatic carbocycles. The first-order valence-corrected chi connectivity index (χ1v) is 10.5. The number of ether oxygens (including phenoxy) is 3. The zero-order chi connectivity index (χ0) is 22.8. The van der Waals surface area contributed by atoms with E-state index >= 15 is 0 Å². The number of phenolic OH excluding ortho intramolecular Hbond substituents is 1. The van der Waals surface area contributed by atoms with E-state index < -0.39 is 0 Å². The van der Waals surface area contributed by atoms with E-state index in [0.717, 1.165) is 11.8 Å². The van der Waals surface area contributed by atoms with Crippen molar-refractivity contribution in [3.8, 4) is 23.0 Å². The first kappa shape index (κ1) is 24.4. The molecule has 0 atom stereocenters. The minimum absolute atomic E-state index is 0.0391. The molecule has 6 nitrogen and oxygen atoms in total. The second kappa shape index (κ2) is 12.1. The molecule has 31 heavy (non-hydrogen) atoms. The van der Waals surface area contributed by atoms with Crippen molar-refractivity contribution < 1.29 is 28.9 Å². The number of hydrogen-bond acceptors (Lipinski definition) is 6. The van der Waals surface area contributed by atoms with E-state index in [2.05, 4.69) is 31.9 Å². The van der Waals surface area contributed by atoms with Gasteiger partial charge in [0, 0.05) is 20.1 Å². The molecule has 0 heterocycles. The Kier molecular flexibility index (Phi) is 9.55. The monoisotopic (exact) mass is 550 g/mol. The topological polar surface area (TPSA) is 82.1 Å². The van der Waals surface area contributed by atoms with Crippen LogP contribution in [0.4, 0.5) is 0 Å². The SMILES string of the molecule is COc1cc(Br)c(C=O)cc1O.COc1cc(Br)c(C=O)cc1OCc1ccccc1. The van der Waals surface area contributed by atoms with Crippen molar-refractivity contribution in [2.45, 2.75) is 6.61 Å². The molecule has 0 saturated carbocycles. The Morgan fingerprint density at radius 3 is 1.90 bits per heavy atom. The summed E-state index contributed by atoms with van der Waals surface area (Å²) in [7, 11) is 3.01. The maximum absolute atomic E-state index is 10.9. The van der Waals surface area contributed by atoms with Crippen LogP contribution in [0.2, 0.25) is 0 Å². The maximum Gasteiger partial charge on any atom is 0.162 e. The van der Waals surface area contributed by atoms with Crippen LogP contribution in [0.1, 0.15) is 26.3 Å². The quantitative estimate of drug-likeness (QED) is 0.372. The van der Waals surface area contributed by atoms with Crippen LogP contribution >= 0.6 is 31.9 Å². The van der Waals surface area contributed by atoms with Gasteiger partial charge in [0.15, 0.2) is 35.6 Å². The maximum atomic E-state index is 10.9. The Balaban J connectivity index is 0.000000245. The highest BCUT2D eigenvalue weighted by Gasteiger charge is 2.10. The summed E-state index contributed by atoms with van der Waals surface area (Å²) in [5, 5.41) is 9.24. The van der Waals surface area contributed by atoms with Crippen LogP contribution in [0.5, 0.6) is 23.0 Å². The molecule has 0 aliphatic heterocycles. The fraction of sp³-hybridized carbons (Fsp3) is 0.130. The Labute approximate surface area is 197 Å². The molecule has 162 valence electrons. The van der Waals surface area contributed by atoms with Gasteiger partial charge in [-0.3, -0.25) is 9.59 Å². The van der Waals surface area contributed by atoms with Gasteiger partial charge in [-0.15, -0.1) is 0 Å². The molecule has 3 aromatic rings. The van der Waals surface area contributed by atoms with E-state index in [4.69, 9.17) is 14.2 Å². The lowest BCUT2D eigenvalue weighted by Crippen LogP contribution is -1.99. The molecule has 0 saturated heterocycles. The zero-order valence-electron chi connectivity index (χ0n) is 16.8. The van der Waals surface area contributed by atoms with Gasteiger partial charge in [0.2, 0.25) is 0 Å². The lowest BCUT2D eigenvalue weighted by atomic mass is 10.2. The van der Waals surface area contributed by atoms with Gasteiger partial charge in [-0.2, -0.15) is 0 Å². The van der Waals surface area contributed by atoms with Crippen molar-refractivity contribution in [2.24, 2.45) is 0 Å². The molecule has 1 N–H and O–H groups in total. The normalized spacial score (nSPS) is 9.81. The molecule has 0 bridgehead atoms. The summed E-state index contributed by atoms with van der Waals surface area (Å²) in [6, 6.07) is 16.1. The predicted octanol–water partition coefficient (Wildman–Crippen LogP) is 5.83. The van der Waals surface area contributed by atoms with Gasteiger partial charge in [0.1, 0.15) is 6.61 Å². The smallest absolute Gasteiger partial charge is 0.162 e. The van der Waals surface area contributed by atoms with E-state index in [9.17, 15) is 14.7 Å². The Hall–Kier alpha value is -2.84. The molecular weight excluding hydrogens is 532 g/mol.